The highest BCUT2D eigenvalue weighted by Gasteiger charge is 2.15. The van der Waals surface area contributed by atoms with Crippen LogP contribution in [0.5, 0.6) is 0 Å². The molecule has 0 bridgehead atoms. The van der Waals surface area contributed by atoms with Crippen LogP contribution in [-0.2, 0) is 19.1 Å². The van der Waals surface area contributed by atoms with E-state index in [1.807, 2.05) is 0 Å². The minimum atomic E-state index is 0.00782. The largest absolute Gasteiger partial charge is 0.462 e. The zero-order valence-corrected chi connectivity index (χ0v) is 37.7. The third kappa shape index (κ3) is 39.5. The van der Waals surface area contributed by atoms with E-state index in [0.29, 0.717) is 12.8 Å². The molecule has 0 saturated heterocycles. The number of rotatable bonds is 45. The molecule has 0 spiro atoms. The first kappa shape index (κ1) is 53.9. The number of hydrogen-bond donors (Lipinski definition) is 1. The summed E-state index contributed by atoms with van der Waals surface area (Å²) in [4.78, 5) is 27.9. The molecule has 0 rings (SSSR count). The highest BCUT2D eigenvalue weighted by Crippen LogP contribution is 2.19. The van der Waals surface area contributed by atoms with Crippen molar-refractivity contribution in [3.8, 4) is 0 Å². The normalized spacial score (nSPS) is 12.2. The van der Waals surface area contributed by atoms with Gasteiger partial charge in [0, 0.05) is 26.0 Å². The standard InChI is InChI=1S/C49H97NO5/c1-5-9-13-16-21-28-37-46(36-12-8-4)54-48(52)40-31-24-19-26-33-42-50(44-35-45-51)43-34-27-20-25-32-41-49(53)55-47(38-29-22-17-14-10-6-2)39-30-23-18-15-11-7-3/h46-47,51H,5-45H2,1-4H3. The predicted molar refractivity (Wildman–Crippen MR) is 237 cm³/mol. The Hall–Kier alpha value is -1.14. The van der Waals surface area contributed by atoms with Gasteiger partial charge in [-0.2, -0.15) is 0 Å². The van der Waals surface area contributed by atoms with E-state index >= 15 is 0 Å². The quantitative estimate of drug-likeness (QED) is 0.0490. The number of aliphatic hydroxyl groups excluding tert-OH is 1. The van der Waals surface area contributed by atoms with E-state index in [2.05, 4.69) is 32.6 Å². The molecule has 1 N–H and O–H groups in total. The van der Waals surface area contributed by atoms with Crippen molar-refractivity contribution in [2.24, 2.45) is 0 Å². The fourth-order valence-electron chi connectivity index (χ4n) is 7.80. The minimum absolute atomic E-state index is 0.00782. The molecule has 6 heteroatoms. The highest BCUT2D eigenvalue weighted by atomic mass is 16.5. The summed E-state index contributed by atoms with van der Waals surface area (Å²) in [6, 6.07) is 0. The van der Waals surface area contributed by atoms with E-state index in [0.717, 1.165) is 90.3 Å². The van der Waals surface area contributed by atoms with Crippen LogP contribution in [0.25, 0.3) is 0 Å². The molecule has 0 aliphatic rings. The van der Waals surface area contributed by atoms with Crippen molar-refractivity contribution >= 4 is 11.9 Å². The zero-order valence-electron chi connectivity index (χ0n) is 37.7. The third-order valence-corrected chi connectivity index (χ3v) is 11.5. The van der Waals surface area contributed by atoms with Gasteiger partial charge in [0.1, 0.15) is 12.2 Å². The van der Waals surface area contributed by atoms with E-state index < -0.39 is 0 Å². The molecule has 0 aromatic carbocycles. The maximum atomic E-state index is 12.8. The summed E-state index contributed by atoms with van der Waals surface area (Å²) in [5.41, 5.74) is 0. The molecule has 0 heterocycles. The molecule has 0 aromatic heterocycles. The average Bonchev–Trinajstić information content (AvgIpc) is 3.18. The summed E-state index contributed by atoms with van der Waals surface area (Å²) in [7, 11) is 0. The molecule has 55 heavy (non-hydrogen) atoms. The second-order valence-corrected chi connectivity index (χ2v) is 17.0. The molecular weight excluding hydrogens is 683 g/mol. The first-order chi connectivity index (χ1) is 27.0. The van der Waals surface area contributed by atoms with Crippen molar-refractivity contribution in [3.05, 3.63) is 0 Å². The predicted octanol–water partition coefficient (Wildman–Crippen LogP) is 14.6. The first-order valence-electron chi connectivity index (χ1n) is 24.7. The van der Waals surface area contributed by atoms with Gasteiger partial charge in [0.25, 0.3) is 0 Å². The molecule has 1 atom stereocenters. The number of hydrogen-bond acceptors (Lipinski definition) is 6. The van der Waals surface area contributed by atoms with E-state index in [1.54, 1.807) is 0 Å². The molecule has 0 aliphatic carbocycles. The van der Waals surface area contributed by atoms with Gasteiger partial charge in [-0.15, -0.1) is 0 Å². The van der Waals surface area contributed by atoms with E-state index in [1.165, 1.54) is 154 Å². The minimum Gasteiger partial charge on any atom is -0.462 e. The summed E-state index contributed by atoms with van der Waals surface area (Å²) in [6.45, 7) is 12.4. The van der Waals surface area contributed by atoms with Crippen LogP contribution in [-0.4, -0.2) is 60.4 Å². The van der Waals surface area contributed by atoms with E-state index in [4.69, 9.17) is 9.47 Å². The highest BCUT2D eigenvalue weighted by molar-refractivity contribution is 5.69. The Bertz CT molecular complexity index is 775. The lowest BCUT2D eigenvalue weighted by Crippen LogP contribution is -2.27. The molecule has 0 saturated carbocycles. The van der Waals surface area contributed by atoms with Crippen molar-refractivity contribution < 1.29 is 24.2 Å². The van der Waals surface area contributed by atoms with E-state index in [-0.39, 0.29) is 30.8 Å². The van der Waals surface area contributed by atoms with Gasteiger partial charge >= 0.3 is 11.9 Å². The monoisotopic (exact) mass is 780 g/mol. The van der Waals surface area contributed by atoms with Gasteiger partial charge in [-0.3, -0.25) is 9.59 Å². The van der Waals surface area contributed by atoms with Gasteiger partial charge in [-0.25, -0.2) is 0 Å². The summed E-state index contributed by atoms with van der Waals surface area (Å²) in [6.07, 6.45) is 42.8. The van der Waals surface area contributed by atoms with Gasteiger partial charge in [0.2, 0.25) is 0 Å². The van der Waals surface area contributed by atoms with E-state index in [9.17, 15) is 14.7 Å². The van der Waals surface area contributed by atoms with Crippen LogP contribution in [0, 0.1) is 0 Å². The lowest BCUT2D eigenvalue weighted by molar-refractivity contribution is -0.151. The Morgan fingerprint density at radius 1 is 0.382 bits per heavy atom. The summed E-state index contributed by atoms with van der Waals surface area (Å²) >= 11 is 0. The first-order valence-corrected chi connectivity index (χ1v) is 24.7. The van der Waals surface area contributed by atoms with Gasteiger partial charge in [-0.05, 0) is 90.1 Å². The van der Waals surface area contributed by atoms with Crippen molar-refractivity contribution in [1.29, 1.82) is 0 Å². The fourth-order valence-corrected chi connectivity index (χ4v) is 7.80. The average molecular weight is 780 g/mol. The lowest BCUT2D eigenvalue weighted by Gasteiger charge is -2.22. The van der Waals surface area contributed by atoms with Crippen molar-refractivity contribution in [1.82, 2.24) is 4.90 Å². The second kappa shape index (κ2) is 44.0. The Kier molecular flexibility index (Phi) is 43.1. The SMILES string of the molecule is CCCCCCCCC(CCCC)OC(=O)CCCCCCCN(CCCO)CCCCCCCC(=O)OC(CCCCCCCC)CCCCCCCC. The number of nitrogens with zero attached hydrogens (tertiary/aromatic N) is 1. The maximum Gasteiger partial charge on any atom is 0.306 e. The molecular formula is C49H97NO5. The Labute approximate surface area is 343 Å². The molecule has 0 radical (unpaired) electrons. The van der Waals surface area contributed by atoms with Crippen molar-refractivity contribution in [2.75, 3.05) is 26.2 Å². The van der Waals surface area contributed by atoms with Crippen LogP contribution in [0.15, 0.2) is 0 Å². The van der Waals surface area contributed by atoms with Gasteiger partial charge in [0.05, 0.1) is 0 Å². The molecule has 6 nitrogen and oxygen atoms in total. The number of esters is 2. The fraction of sp³-hybridized carbons (Fsp3) is 0.959. The van der Waals surface area contributed by atoms with Crippen LogP contribution >= 0.6 is 0 Å². The Morgan fingerprint density at radius 3 is 1.04 bits per heavy atom. The smallest absolute Gasteiger partial charge is 0.306 e. The van der Waals surface area contributed by atoms with Gasteiger partial charge < -0.3 is 19.5 Å². The van der Waals surface area contributed by atoms with Crippen LogP contribution in [0.3, 0.4) is 0 Å². The molecule has 0 aromatic rings. The Morgan fingerprint density at radius 2 is 0.673 bits per heavy atom. The summed E-state index contributed by atoms with van der Waals surface area (Å²) < 4.78 is 12.0. The molecule has 0 aliphatic heterocycles. The van der Waals surface area contributed by atoms with Gasteiger partial charge in [0.15, 0.2) is 0 Å². The topological polar surface area (TPSA) is 76.1 Å². The molecule has 0 amide bonds. The van der Waals surface area contributed by atoms with Crippen molar-refractivity contribution in [3.63, 3.8) is 0 Å². The molecule has 1 unspecified atom stereocenters. The number of unbranched alkanes of at least 4 members (excludes halogenated alkanes) is 24. The zero-order chi connectivity index (χ0) is 40.3. The number of carbonyl (C=O) groups is 2. The van der Waals surface area contributed by atoms with Gasteiger partial charge in [-0.1, -0.05) is 175 Å². The van der Waals surface area contributed by atoms with Crippen molar-refractivity contribution in [2.45, 2.75) is 277 Å². The molecule has 0 fully saturated rings. The summed E-state index contributed by atoms with van der Waals surface area (Å²) in [5, 5.41) is 9.44. The molecule has 328 valence electrons. The maximum absolute atomic E-state index is 12.8. The second-order valence-electron chi connectivity index (χ2n) is 17.0. The van der Waals surface area contributed by atoms with Crippen LogP contribution in [0.1, 0.15) is 265 Å². The number of ether oxygens (including phenoxy) is 2. The van der Waals surface area contributed by atoms with Crippen LogP contribution < -0.4 is 0 Å². The Balaban J connectivity index is 4.20. The lowest BCUT2D eigenvalue weighted by atomic mass is 10.0. The number of carbonyl (C=O) groups excluding carboxylic acids is 2. The third-order valence-electron chi connectivity index (χ3n) is 11.5. The number of aliphatic hydroxyl groups is 1. The van der Waals surface area contributed by atoms with Crippen LogP contribution in [0.4, 0.5) is 0 Å². The summed E-state index contributed by atoms with van der Waals surface area (Å²) in [5.74, 6) is 0.0281. The van der Waals surface area contributed by atoms with Crippen LogP contribution in [0.2, 0.25) is 0 Å².